The molecule has 3 aromatic carbocycles. The molecule has 0 bridgehead atoms. The smallest absolute Gasteiger partial charge is 0.243 e. The Bertz CT molecular complexity index is 1630. The van der Waals surface area contributed by atoms with Crippen molar-refractivity contribution in [2.24, 2.45) is 0 Å². The second kappa shape index (κ2) is 13.2. The topological polar surface area (TPSA) is 154 Å². The summed E-state index contributed by atoms with van der Waals surface area (Å²) in [5.41, 5.74) is -0.401. The summed E-state index contributed by atoms with van der Waals surface area (Å²) < 4.78 is 67.4. The fourth-order valence-corrected chi connectivity index (χ4v) is 8.34. The van der Waals surface area contributed by atoms with Crippen LogP contribution in [0.4, 0.5) is 0 Å². The van der Waals surface area contributed by atoms with Crippen molar-refractivity contribution in [3.63, 3.8) is 0 Å². The standard InChI is InChI=1S/C30H39N3O8S2/c1-22(19-34)32-42(36,37)28-8-4-7-27(16-28)40-21-26(35)18-31-25-17-30(41-20-25)11-13-33(14-12-30)43(38,39)29-10-9-23-5-2-3-6-24(23)15-29/h2-10,15-16,22,25-26,31-32,34-35H,11-14,17-21H2,1H3/t22-,25?,26-/m0/s1. The Morgan fingerprint density at radius 3 is 2.49 bits per heavy atom. The van der Waals surface area contributed by atoms with E-state index in [-0.39, 0.29) is 30.7 Å². The summed E-state index contributed by atoms with van der Waals surface area (Å²) in [4.78, 5) is 0.300. The van der Waals surface area contributed by atoms with E-state index in [0.29, 0.717) is 49.6 Å². The van der Waals surface area contributed by atoms with Gasteiger partial charge in [-0.25, -0.2) is 21.6 Å². The van der Waals surface area contributed by atoms with E-state index < -0.39 is 37.8 Å². The van der Waals surface area contributed by atoms with E-state index >= 15 is 0 Å². The summed E-state index contributed by atoms with van der Waals surface area (Å²) in [6.07, 6.45) is 1.05. The van der Waals surface area contributed by atoms with Crippen LogP contribution in [-0.4, -0.2) is 94.6 Å². The highest BCUT2D eigenvalue weighted by molar-refractivity contribution is 7.89. The minimum atomic E-state index is -3.82. The average molecular weight is 634 g/mol. The van der Waals surface area contributed by atoms with E-state index in [2.05, 4.69) is 10.0 Å². The highest BCUT2D eigenvalue weighted by Crippen LogP contribution is 2.37. The van der Waals surface area contributed by atoms with Gasteiger partial charge in [-0.3, -0.25) is 0 Å². The van der Waals surface area contributed by atoms with Gasteiger partial charge < -0.3 is 25.0 Å². The lowest BCUT2D eigenvalue weighted by Crippen LogP contribution is -2.47. The molecule has 4 N–H and O–H groups in total. The number of sulfonamides is 2. The summed E-state index contributed by atoms with van der Waals surface area (Å²) in [6.45, 7) is 2.65. The maximum Gasteiger partial charge on any atom is 0.243 e. The summed E-state index contributed by atoms with van der Waals surface area (Å²) >= 11 is 0. The second-order valence-corrected chi connectivity index (χ2v) is 15.0. The molecule has 13 heteroatoms. The number of nitrogens with zero attached hydrogens (tertiary/aromatic N) is 1. The molecule has 3 aromatic rings. The van der Waals surface area contributed by atoms with Crippen LogP contribution in [0.25, 0.3) is 10.8 Å². The number of hydrogen-bond acceptors (Lipinski definition) is 9. The molecule has 5 rings (SSSR count). The largest absolute Gasteiger partial charge is 0.491 e. The van der Waals surface area contributed by atoms with Gasteiger partial charge in [0.05, 0.1) is 28.6 Å². The van der Waals surface area contributed by atoms with Gasteiger partial charge in [0, 0.05) is 37.8 Å². The van der Waals surface area contributed by atoms with Gasteiger partial charge in [-0.1, -0.05) is 36.4 Å². The van der Waals surface area contributed by atoms with E-state index in [0.717, 1.165) is 10.8 Å². The van der Waals surface area contributed by atoms with Gasteiger partial charge >= 0.3 is 0 Å². The summed E-state index contributed by atoms with van der Waals surface area (Å²) in [7, 11) is -7.43. The first-order valence-corrected chi connectivity index (χ1v) is 17.3. The van der Waals surface area contributed by atoms with Crippen LogP contribution in [-0.2, 0) is 24.8 Å². The molecule has 2 saturated heterocycles. The van der Waals surface area contributed by atoms with E-state index in [1.165, 1.54) is 16.4 Å². The third-order valence-electron chi connectivity index (χ3n) is 8.03. The fraction of sp³-hybridized carbons (Fsp3) is 0.467. The number of nitrogens with one attached hydrogen (secondary N) is 2. The molecule has 2 aliphatic heterocycles. The zero-order valence-corrected chi connectivity index (χ0v) is 25.7. The van der Waals surface area contributed by atoms with Crippen molar-refractivity contribution in [3.05, 3.63) is 66.7 Å². The van der Waals surface area contributed by atoms with E-state index in [1.807, 2.05) is 30.3 Å². The predicted molar refractivity (Wildman–Crippen MR) is 162 cm³/mol. The normalized spacial score (nSPS) is 20.8. The van der Waals surface area contributed by atoms with Crippen LogP contribution in [0.1, 0.15) is 26.2 Å². The first-order chi connectivity index (χ1) is 20.5. The van der Waals surface area contributed by atoms with Crippen molar-refractivity contribution in [1.82, 2.24) is 14.3 Å². The van der Waals surface area contributed by atoms with Gasteiger partial charge in [0.2, 0.25) is 20.0 Å². The van der Waals surface area contributed by atoms with Gasteiger partial charge in [0.25, 0.3) is 0 Å². The lowest BCUT2D eigenvalue weighted by molar-refractivity contribution is -0.0312. The fourth-order valence-electron chi connectivity index (χ4n) is 5.59. The third kappa shape index (κ3) is 7.55. The van der Waals surface area contributed by atoms with Gasteiger partial charge in [0.1, 0.15) is 18.5 Å². The molecular weight excluding hydrogens is 594 g/mol. The molecule has 0 aromatic heterocycles. The van der Waals surface area contributed by atoms with Crippen LogP contribution in [0, 0.1) is 0 Å². The molecule has 0 radical (unpaired) electrons. The molecule has 1 unspecified atom stereocenters. The van der Waals surface area contributed by atoms with Crippen LogP contribution in [0.2, 0.25) is 0 Å². The van der Waals surface area contributed by atoms with Crippen molar-refractivity contribution in [2.75, 3.05) is 39.5 Å². The van der Waals surface area contributed by atoms with Crippen LogP contribution in [0.5, 0.6) is 5.75 Å². The molecule has 0 amide bonds. The molecule has 0 saturated carbocycles. The molecule has 2 fully saturated rings. The van der Waals surface area contributed by atoms with Gasteiger partial charge in [-0.05, 0) is 61.2 Å². The number of aliphatic hydroxyl groups is 2. The van der Waals surface area contributed by atoms with Gasteiger partial charge in [0.15, 0.2) is 0 Å². The van der Waals surface area contributed by atoms with Crippen molar-refractivity contribution in [2.45, 2.75) is 59.8 Å². The Labute approximate surface area is 252 Å². The van der Waals surface area contributed by atoms with E-state index in [9.17, 15) is 21.9 Å². The molecule has 2 aliphatic rings. The van der Waals surface area contributed by atoms with Crippen LogP contribution < -0.4 is 14.8 Å². The number of ether oxygens (including phenoxy) is 2. The average Bonchev–Trinajstić information content (AvgIpc) is 3.40. The minimum absolute atomic E-state index is 0.00225. The third-order valence-corrected chi connectivity index (χ3v) is 11.5. The minimum Gasteiger partial charge on any atom is -0.491 e. The molecule has 0 aliphatic carbocycles. The van der Waals surface area contributed by atoms with E-state index in [1.54, 1.807) is 31.2 Å². The number of rotatable bonds is 12. The molecule has 3 atom stereocenters. The first kappa shape index (κ1) is 31.8. The summed E-state index contributed by atoms with van der Waals surface area (Å²) in [6, 6.07) is 18.2. The predicted octanol–water partition coefficient (Wildman–Crippen LogP) is 1.84. The van der Waals surface area contributed by atoms with Crippen molar-refractivity contribution < 1.29 is 36.5 Å². The van der Waals surface area contributed by atoms with Crippen molar-refractivity contribution >= 4 is 30.8 Å². The van der Waals surface area contributed by atoms with Gasteiger partial charge in [-0.2, -0.15) is 4.31 Å². The maximum absolute atomic E-state index is 13.4. The Kier molecular flexibility index (Phi) is 9.73. The first-order valence-electron chi connectivity index (χ1n) is 14.4. The number of benzene rings is 3. The number of hydrogen-bond donors (Lipinski definition) is 4. The highest BCUT2D eigenvalue weighted by Gasteiger charge is 2.44. The molecular formula is C30H39N3O8S2. The maximum atomic E-state index is 13.4. The van der Waals surface area contributed by atoms with Crippen LogP contribution in [0.15, 0.2) is 76.5 Å². The molecule has 11 nitrogen and oxygen atoms in total. The van der Waals surface area contributed by atoms with Crippen molar-refractivity contribution in [1.29, 1.82) is 0 Å². The number of fused-ring (bicyclic) bond motifs is 1. The molecule has 234 valence electrons. The monoisotopic (exact) mass is 633 g/mol. The molecule has 1 spiro atoms. The zero-order valence-electron chi connectivity index (χ0n) is 24.1. The Morgan fingerprint density at radius 1 is 1.00 bits per heavy atom. The highest BCUT2D eigenvalue weighted by atomic mass is 32.2. The Hall–Kier alpha value is -2.62. The summed E-state index contributed by atoms with van der Waals surface area (Å²) in [5, 5.41) is 24.8. The SMILES string of the molecule is C[C@@H](CO)NS(=O)(=O)c1cccc(OC[C@@H](O)CNC2COC3(CCN(S(=O)(=O)c4ccc5ccccc5c4)CC3)C2)c1. The quantitative estimate of drug-likeness (QED) is 0.234. The van der Waals surface area contributed by atoms with Crippen molar-refractivity contribution in [3.8, 4) is 5.75 Å². The second-order valence-electron chi connectivity index (χ2n) is 11.4. The lowest BCUT2D eigenvalue weighted by atomic mass is 9.88. The van der Waals surface area contributed by atoms with Crippen LogP contribution in [0.3, 0.4) is 0 Å². The Balaban J connectivity index is 1.08. The van der Waals surface area contributed by atoms with Crippen LogP contribution >= 0.6 is 0 Å². The molecule has 2 heterocycles. The summed E-state index contributed by atoms with van der Waals surface area (Å²) in [5.74, 6) is 0.298. The number of aliphatic hydroxyl groups excluding tert-OH is 2. The zero-order chi connectivity index (χ0) is 30.7. The lowest BCUT2D eigenvalue weighted by Gasteiger charge is -2.38. The number of piperidine rings is 1. The molecule has 43 heavy (non-hydrogen) atoms. The Morgan fingerprint density at radius 2 is 1.74 bits per heavy atom. The van der Waals surface area contributed by atoms with Gasteiger partial charge in [-0.15, -0.1) is 0 Å². The van der Waals surface area contributed by atoms with E-state index in [4.69, 9.17) is 14.6 Å².